The van der Waals surface area contributed by atoms with Crippen LogP contribution in [0.4, 0.5) is 10.1 Å². The Bertz CT molecular complexity index is 448. The van der Waals surface area contributed by atoms with Crippen LogP contribution in [0.1, 0.15) is 23.7 Å². The van der Waals surface area contributed by atoms with Crippen LogP contribution in [0.25, 0.3) is 0 Å². The Morgan fingerprint density at radius 3 is 2.65 bits per heavy atom. The number of halogens is 1. The molecule has 6 heteroatoms. The zero-order chi connectivity index (χ0) is 13.0. The summed E-state index contributed by atoms with van der Waals surface area (Å²) < 4.78 is 13.4. The summed E-state index contributed by atoms with van der Waals surface area (Å²) in [6.45, 7) is 1.61. The third-order valence-electron chi connectivity index (χ3n) is 2.25. The van der Waals surface area contributed by atoms with Crippen LogP contribution in [0, 0.1) is 5.82 Å². The Morgan fingerprint density at radius 1 is 1.53 bits per heavy atom. The fourth-order valence-corrected chi connectivity index (χ4v) is 1.29. The van der Waals surface area contributed by atoms with Gasteiger partial charge in [0.15, 0.2) is 0 Å². The van der Waals surface area contributed by atoms with Crippen molar-refractivity contribution in [3.63, 3.8) is 0 Å². The standard InChI is InChI=1S/C11H13FN2O3/c1-2-9(11(16)17)14-10(15)7-4-3-6(13)5-8(7)12/h3-5,9H,2,13H2,1H3,(H,14,15)(H,16,17)/t9-/m1/s1. The quantitative estimate of drug-likeness (QED) is 0.684. The molecule has 1 amide bonds. The molecule has 0 aliphatic carbocycles. The smallest absolute Gasteiger partial charge is 0.326 e. The molecule has 0 aromatic heterocycles. The molecule has 4 N–H and O–H groups in total. The molecule has 0 fully saturated rings. The van der Waals surface area contributed by atoms with Gasteiger partial charge >= 0.3 is 5.97 Å². The van der Waals surface area contributed by atoms with E-state index in [0.29, 0.717) is 0 Å². The summed E-state index contributed by atoms with van der Waals surface area (Å²) in [7, 11) is 0. The number of carboxylic acid groups (broad SMARTS) is 1. The number of nitrogens with two attached hydrogens (primary N) is 1. The lowest BCUT2D eigenvalue weighted by Crippen LogP contribution is -2.40. The molecular formula is C11H13FN2O3. The van der Waals surface area contributed by atoms with E-state index in [-0.39, 0.29) is 17.7 Å². The maximum absolute atomic E-state index is 13.4. The number of carboxylic acids is 1. The van der Waals surface area contributed by atoms with E-state index in [1.807, 2.05) is 0 Å². The maximum atomic E-state index is 13.4. The second-order valence-electron chi connectivity index (χ2n) is 3.51. The summed E-state index contributed by atoms with van der Waals surface area (Å²) in [6.07, 6.45) is 0.220. The summed E-state index contributed by atoms with van der Waals surface area (Å²) in [5.74, 6) is -2.70. The van der Waals surface area contributed by atoms with E-state index in [0.717, 1.165) is 6.07 Å². The van der Waals surface area contributed by atoms with Crippen LogP contribution < -0.4 is 11.1 Å². The lowest BCUT2D eigenvalue weighted by atomic mass is 10.1. The predicted molar refractivity (Wildman–Crippen MR) is 60.0 cm³/mol. The van der Waals surface area contributed by atoms with Crippen LogP contribution >= 0.6 is 0 Å². The molecule has 0 radical (unpaired) electrons. The van der Waals surface area contributed by atoms with Crippen molar-refractivity contribution in [3.8, 4) is 0 Å². The molecule has 0 heterocycles. The average molecular weight is 240 g/mol. The van der Waals surface area contributed by atoms with Gasteiger partial charge in [0, 0.05) is 5.69 Å². The van der Waals surface area contributed by atoms with Crippen molar-refractivity contribution in [1.82, 2.24) is 5.32 Å². The van der Waals surface area contributed by atoms with Gasteiger partial charge in [0.1, 0.15) is 11.9 Å². The second kappa shape index (κ2) is 5.29. The highest BCUT2D eigenvalue weighted by atomic mass is 19.1. The normalized spacial score (nSPS) is 11.9. The minimum atomic E-state index is -1.16. The van der Waals surface area contributed by atoms with Gasteiger partial charge in [-0.25, -0.2) is 9.18 Å². The highest BCUT2D eigenvalue weighted by Crippen LogP contribution is 2.12. The van der Waals surface area contributed by atoms with Gasteiger partial charge in [-0.15, -0.1) is 0 Å². The number of aliphatic carboxylic acids is 1. The molecule has 1 aromatic rings. The van der Waals surface area contributed by atoms with E-state index in [1.165, 1.54) is 12.1 Å². The van der Waals surface area contributed by atoms with Crippen molar-refractivity contribution < 1.29 is 19.1 Å². The second-order valence-corrected chi connectivity index (χ2v) is 3.51. The van der Waals surface area contributed by atoms with Gasteiger partial charge in [0.25, 0.3) is 5.91 Å². The number of anilines is 1. The number of carbonyl (C=O) groups excluding carboxylic acids is 1. The Balaban J connectivity index is 2.86. The van der Waals surface area contributed by atoms with Gasteiger partial charge in [-0.3, -0.25) is 4.79 Å². The molecule has 1 aromatic carbocycles. The number of nitrogen functional groups attached to an aromatic ring is 1. The number of hydrogen-bond acceptors (Lipinski definition) is 3. The molecule has 92 valence electrons. The molecule has 0 saturated heterocycles. The third-order valence-corrected chi connectivity index (χ3v) is 2.25. The zero-order valence-corrected chi connectivity index (χ0v) is 9.24. The highest BCUT2D eigenvalue weighted by molar-refractivity contribution is 5.97. The van der Waals surface area contributed by atoms with Crippen LogP contribution in [0.15, 0.2) is 18.2 Å². The number of rotatable bonds is 4. The maximum Gasteiger partial charge on any atom is 0.326 e. The van der Waals surface area contributed by atoms with E-state index in [9.17, 15) is 14.0 Å². The first kappa shape index (κ1) is 13.0. The fourth-order valence-electron chi connectivity index (χ4n) is 1.29. The predicted octanol–water partition coefficient (Wildman–Crippen LogP) is 1.00. The minimum absolute atomic E-state index is 0.198. The van der Waals surface area contributed by atoms with E-state index in [2.05, 4.69) is 5.32 Å². The molecule has 0 aliphatic heterocycles. The van der Waals surface area contributed by atoms with E-state index in [1.54, 1.807) is 6.92 Å². The van der Waals surface area contributed by atoms with Crippen LogP contribution in [0.3, 0.4) is 0 Å². The lowest BCUT2D eigenvalue weighted by molar-refractivity contribution is -0.139. The summed E-state index contributed by atoms with van der Waals surface area (Å²) >= 11 is 0. The molecule has 0 bridgehead atoms. The van der Waals surface area contributed by atoms with Crippen molar-refractivity contribution in [3.05, 3.63) is 29.6 Å². The lowest BCUT2D eigenvalue weighted by Gasteiger charge is -2.12. The van der Waals surface area contributed by atoms with Crippen LogP contribution in [0.2, 0.25) is 0 Å². The zero-order valence-electron chi connectivity index (χ0n) is 9.24. The average Bonchev–Trinajstić information content (AvgIpc) is 2.24. The molecule has 1 rings (SSSR count). The molecule has 17 heavy (non-hydrogen) atoms. The summed E-state index contributed by atoms with van der Waals surface area (Å²) in [4.78, 5) is 22.3. The van der Waals surface area contributed by atoms with Crippen molar-refractivity contribution in [2.45, 2.75) is 19.4 Å². The van der Waals surface area contributed by atoms with Crippen LogP contribution in [-0.4, -0.2) is 23.0 Å². The third kappa shape index (κ3) is 3.17. The summed E-state index contributed by atoms with van der Waals surface area (Å²) in [5.41, 5.74) is 5.31. The van der Waals surface area contributed by atoms with E-state index < -0.39 is 23.7 Å². The minimum Gasteiger partial charge on any atom is -0.480 e. The van der Waals surface area contributed by atoms with Gasteiger partial charge < -0.3 is 16.2 Å². The molecule has 0 aliphatic rings. The fraction of sp³-hybridized carbons (Fsp3) is 0.273. The molecule has 1 atom stereocenters. The Hall–Kier alpha value is -2.11. The van der Waals surface area contributed by atoms with Crippen molar-refractivity contribution in [1.29, 1.82) is 0 Å². The van der Waals surface area contributed by atoms with Crippen molar-refractivity contribution in [2.75, 3.05) is 5.73 Å². The number of hydrogen-bond donors (Lipinski definition) is 3. The van der Waals surface area contributed by atoms with E-state index in [4.69, 9.17) is 10.8 Å². The van der Waals surface area contributed by atoms with Crippen molar-refractivity contribution in [2.24, 2.45) is 0 Å². The number of amides is 1. The largest absolute Gasteiger partial charge is 0.480 e. The van der Waals surface area contributed by atoms with Gasteiger partial charge in [0.05, 0.1) is 5.56 Å². The Labute approximate surface area is 97.4 Å². The number of benzene rings is 1. The number of nitrogens with one attached hydrogen (secondary N) is 1. The SMILES string of the molecule is CC[C@@H](NC(=O)c1ccc(N)cc1F)C(=O)O. The first-order chi connectivity index (χ1) is 7.95. The Morgan fingerprint density at radius 2 is 2.18 bits per heavy atom. The van der Waals surface area contributed by atoms with E-state index >= 15 is 0 Å². The monoisotopic (exact) mass is 240 g/mol. The van der Waals surface area contributed by atoms with Gasteiger partial charge in [-0.2, -0.15) is 0 Å². The highest BCUT2D eigenvalue weighted by Gasteiger charge is 2.20. The summed E-state index contributed by atoms with van der Waals surface area (Å²) in [6, 6.07) is 2.57. The van der Waals surface area contributed by atoms with Crippen molar-refractivity contribution >= 4 is 17.6 Å². The van der Waals surface area contributed by atoms with Gasteiger partial charge in [0.2, 0.25) is 0 Å². The summed E-state index contributed by atoms with van der Waals surface area (Å²) in [5, 5.41) is 11.0. The van der Waals surface area contributed by atoms with Gasteiger partial charge in [-0.05, 0) is 24.6 Å². The molecule has 0 unspecified atom stereocenters. The molecule has 0 spiro atoms. The van der Waals surface area contributed by atoms with Gasteiger partial charge in [-0.1, -0.05) is 6.92 Å². The molecular weight excluding hydrogens is 227 g/mol. The number of carbonyl (C=O) groups is 2. The molecule has 5 nitrogen and oxygen atoms in total. The van der Waals surface area contributed by atoms with Crippen LogP contribution in [-0.2, 0) is 4.79 Å². The van der Waals surface area contributed by atoms with Crippen LogP contribution in [0.5, 0.6) is 0 Å². The first-order valence-corrected chi connectivity index (χ1v) is 5.04. The topological polar surface area (TPSA) is 92.4 Å². The first-order valence-electron chi connectivity index (χ1n) is 5.04. The molecule has 0 saturated carbocycles. The Kier molecular flexibility index (Phi) is 4.03.